The Morgan fingerprint density at radius 1 is 1.21 bits per heavy atom. The van der Waals surface area contributed by atoms with Crippen molar-refractivity contribution in [1.29, 1.82) is 0 Å². The molecule has 0 bridgehead atoms. The molecule has 1 aliphatic heterocycles. The number of likely N-dealkylation sites (tertiary alicyclic amines) is 1. The number of urea groups is 1. The van der Waals surface area contributed by atoms with Gasteiger partial charge in [0.1, 0.15) is 5.82 Å². The number of hydrogen-bond acceptors (Lipinski definition) is 3. The highest BCUT2D eigenvalue weighted by molar-refractivity contribution is 5.89. The normalized spacial score (nSPS) is 14.7. The molecule has 0 radical (unpaired) electrons. The molecule has 0 aliphatic carbocycles. The molecule has 0 atom stereocenters. The molecule has 2 rings (SSSR count). The van der Waals surface area contributed by atoms with Crippen molar-refractivity contribution in [1.82, 2.24) is 15.5 Å². The van der Waals surface area contributed by atoms with Gasteiger partial charge in [0, 0.05) is 37.8 Å². The minimum absolute atomic E-state index is 0. The molecule has 1 aliphatic rings. The summed E-state index contributed by atoms with van der Waals surface area (Å²) in [5.74, 6) is -0.195. The van der Waals surface area contributed by atoms with Crippen LogP contribution in [-0.4, -0.2) is 49.6 Å². The molecule has 1 saturated heterocycles. The summed E-state index contributed by atoms with van der Waals surface area (Å²) in [6, 6.07) is 5.35. The predicted molar refractivity (Wildman–Crippen MR) is 93.9 cm³/mol. The monoisotopic (exact) mass is 358 g/mol. The number of nitrogens with zero attached hydrogens (tertiary/aromatic N) is 1. The lowest BCUT2D eigenvalue weighted by atomic mass is 10.0. The number of halogens is 2. The third-order valence-electron chi connectivity index (χ3n) is 3.87. The summed E-state index contributed by atoms with van der Waals surface area (Å²) < 4.78 is 12.8. The van der Waals surface area contributed by atoms with Crippen LogP contribution in [0.5, 0.6) is 0 Å². The largest absolute Gasteiger partial charge is 0.343 e. The van der Waals surface area contributed by atoms with Crippen molar-refractivity contribution >= 4 is 30.0 Å². The second-order valence-corrected chi connectivity index (χ2v) is 5.61. The molecule has 1 fully saturated rings. The van der Waals surface area contributed by atoms with Crippen molar-refractivity contribution in [2.75, 3.05) is 32.0 Å². The van der Waals surface area contributed by atoms with E-state index in [9.17, 15) is 14.0 Å². The fraction of sp³-hybridized carbons (Fsp3) is 0.500. The number of rotatable bonds is 5. The molecule has 8 heteroatoms. The maximum absolute atomic E-state index is 12.8. The van der Waals surface area contributed by atoms with Gasteiger partial charge in [-0.2, -0.15) is 0 Å². The van der Waals surface area contributed by atoms with Gasteiger partial charge in [0.15, 0.2) is 0 Å². The molecule has 24 heavy (non-hydrogen) atoms. The van der Waals surface area contributed by atoms with E-state index in [1.807, 2.05) is 11.9 Å². The maximum atomic E-state index is 12.8. The Morgan fingerprint density at radius 2 is 1.83 bits per heavy atom. The number of carbonyl (C=O) groups excluding carboxylic acids is 2. The number of piperidine rings is 1. The van der Waals surface area contributed by atoms with Crippen LogP contribution in [0.2, 0.25) is 0 Å². The van der Waals surface area contributed by atoms with Crippen molar-refractivity contribution in [3.63, 3.8) is 0 Å². The lowest BCUT2D eigenvalue weighted by Crippen LogP contribution is -2.47. The van der Waals surface area contributed by atoms with Crippen LogP contribution < -0.4 is 16.0 Å². The van der Waals surface area contributed by atoms with E-state index in [2.05, 4.69) is 16.0 Å². The van der Waals surface area contributed by atoms with Crippen LogP contribution in [-0.2, 0) is 4.79 Å². The van der Waals surface area contributed by atoms with E-state index in [-0.39, 0.29) is 36.2 Å². The van der Waals surface area contributed by atoms with Crippen LogP contribution in [0.3, 0.4) is 0 Å². The third-order valence-corrected chi connectivity index (χ3v) is 3.87. The maximum Gasteiger partial charge on any atom is 0.319 e. The van der Waals surface area contributed by atoms with E-state index in [1.165, 1.54) is 24.3 Å². The van der Waals surface area contributed by atoms with Crippen LogP contribution in [0.15, 0.2) is 24.3 Å². The predicted octanol–water partition coefficient (Wildman–Crippen LogP) is 1.97. The van der Waals surface area contributed by atoms with Crippen molar-refractivity contribution in [2.45, 2.75) is 25.3 Å². The van der Waals surface area contributed by atoms with E-state index < -0.39 is 0 Å². The first-order valence-corrected chi connectivity index (χ1v) is 7.84. The summed E-state index contributed by atoms with van der Waals surface area (Å²) in [4.78, 5) is 25.7. The Kier molecular flexibility index (Phi) is 8.49. The Bertz CT molecular complexity index is 533. The first kappa shape index (κ1) is 20.2. The van der Waals surface area contributed by atoms with Gasteiger partial charge in [0.2, 0.25) is 5.91 Å². The molecule has 0 saturated carbocycles. The van der Waals surface area contributed by atoms with Gasteiger partial charge in [-0.05, 0) is 44.2 Å². The zero-order valence-electron chi connectivity index (χ0n) is 13.7. The summed E-state index contributed by atoms with van der Waals surface area (Å²) in [6.07, 6.45) is 1.98. The van der Waals surface area contributed by atoms with E-state index >= 15 is 0 Å². The molecule has 6 nitrogen and oxygen atoms in total. The zero-order chi connectivity index (χ0) is 16.7. The van der Waals surface area contributed by atoms with Gasteiger partial charge in [-0.15, -0.1) is 12.4 Å². The van der Waals surface area contributed by atoms with Crippen LogP contribution >= 0.6 is 12.4 Å². The average molecular weight is 359 g/mol. The second kappa shape index (κ2) is 10.1. The Morgan fingerprint density at radius 3 is 2.42 bits per heavy atom. The van der Waals surface area contributed by atoms with Crippen LogP contribution in [0, 0.1) is 5.82 Å². The number of nitrogens with one attached hydrogen (secondary N) is 3. The topological polar surface area (TPSA) is 73.5 Å². The molecule has 1 aromatic carbocycles. The molecule has 1 aromatic rings. The van der Waals surface area contributed by atoms with Crippen molar-refractivity contribution in [2.24, 2.45) is 0 Å². The number of carbonyl (C=O) groups is 2. The molecule has 1 heterocycles. The second-order valence-electron chi connectivity index (χ2n) is 5.61. The fourth-order valence-electron chi connectivity index (χ4n) is 2.55. The number of hydrogen-bond donors (Lipinski definition) is 3. The number of benzene rings is 1. The lowest BCUT2D eigenvalue weighted by molar-refractivity contribution is -0.132. The van der Waals surface area contributed by atoms with E-state index in [0.29, 0.717) is 31.7 Å². The molecule has 0 aromatic heterocycles. The van der Waals surface area contributed by atoms with Gasteiger partial charge in [-0.1, -0.05) is 0 Å². The molecule has 134 valence electrons. The van der Waals surface area contributed by atoms with Crippen LogP contribution in [0.1, 0.15) is 19.3 Å². The first-order valence-electron chi connectivity index (χ1n) is 7.84. The smallest absolute Gasteiger partial charge is 0.319 e. The van der Waals surface area contributed by atoms with E-state index in [0.717, 1.165) is 12.8 Å². The summed E-state index contributed by atoms with van der Waals surface area (Å²) in [5, 5.41) is 8.53. The van der Waals surface area contributed by atoms with Crippen molar-refractivity contribution < 1.29 is 14.0 Å². The molecular weight excluding hydrogens is 335 g/mol. The zero-order valence-corrected chi connectivity index (χ0v) is 14.5. The standard InChI is InChI=1S/C16H23FN4O2.ClH/c1-18-9-6-15(22)21-10-7-14(8-11-21)20-16(23)19-13-4-2-12(17)3-5-13;/h2-5,14,18H,6-11H2,1H3,(H2,19,20,23);1H. The van der Waals surface area contributed by atoms with E-state index in [1.54, 1.807) is 0 Å². The quantitative estimate of drug-likeness (QED) is 0.753. The Labute approximate surface area is 147 Å². The highest BCUT2D eigenvalue weighted by atomic mass is 35.5. The molecule has 0 spiro atoms. The minimum Gasteiger partial charge on any atom is -0.343 e. The molecule has 0 unspecified atom stereocenters. The minimum atomic E-state index is -0.341. The summed E-state index contributed by atoms with van der Waals surface area (Å²) in [5.41, 5.74) is 0.545. The molecule has 3 N–H and O–H groups in total. The summed E-state index contributed by atoms with van der Waals surface area (Å²) in [7, 11) is 1.82. The van der Waals surface area contributed by atoms with Gasteiger partial charge in [0.05, 0.1) is 0 Å². The SMILES string of the molecule is CNCCC(=O)N1CCC(NC(=O)Nc2ccc(F)cc2)CC1.Cl. The third kappa shape index (κ3) is 6.33. The molecular formula is C16H24ClFN4O2. The fourth-order valence-corrected chi connectivity index (χ4v) is 2.55. The van der Waals surface area contributed by atoms with Gasteiger partial charge in [-0.3, -0.25) is 4.79 Å². The first-order chi connectivity index (χ1) is 11.1. The summed E-state index contributed by atoms with van der Waals surface area (Å²) >= 11 is 0. The lowest BCUT2D eigenvalue weighted by Gasteiger charge is -2.32. The van der Waals surface area contributed by atoms with E-state index in [4.69, 9.17) is 0 Å². The molecule has 3 amide bonds. The average Bonchev–Trinajstić information content (AvgIpc) is 2.55. The highest BCUT2D eigenvalue weighted by Crippen LogP contribution is 2.12. The van der Waals surface area contributed by atoms with Gasteiger partial charge >= 0.3 is 6.03 Å². The Hall–Kier alpha value is -1.86. The van der Waals surface area contributed by atoms with Crippen molar-refractivity contribution in [3.05, 3.63) is 30.1 Å². The highest BCUT2D eigenvalue weighted by Gasteiger charge is 2.23. The van der Waals surface area contributed by atoms with Gasteiger partial charge < -0.3 is 20.9 Å². The number of anilines is 1. The van der Waals surface area contributed by atoms with Crippen LogP contribution in [0.4, 0.5) is 14.9 Å². The Balaban J connectivity index is 0.00000288. The van der Waals surface area contributed by atoms with Crippen LogP contribution in [0.25, 0.3) is 0 Å². The number of amides is 3. The van der Waals surface area contributed by atoms with Gasteiger partial charge in [0.25, 0.3) is 0 Å². The summed E-state index contributed by atoms with van der Waals surface area (Å²) in [6.45, 7) is 1.99. The van der Waals surface area contributed by atoms with Crippen molar-refractivity contribution in [3.8, 4) is 0 Å². The van der Waals surface area contributed by atoms with Gasteiger partial charge in [-0.25, -0.2) is 9.18 Å².